The first-order chi connectivity index (χ1) is 5.25. The second-order valence-corrected chi connectivity index (χ2v) is 2.48. The molecule has 1 N–H and O–H groups in total. The van der Waals surface area contributed by atoms with E-state index in [1.807, 2.05) is 6.07 Å². The number of nitrogens with one attached hydrogen (secondary N) is 1. The highest BCUT2D eigenvalue weighted by molar-refractivity contribution is 6.06. The van der Waals surface area contributed by atoms with Crippen LogP contribution in [0.1, 0.15) is 19.8 Å². The Labute approximate surface area is 64.9 Å². The molecule has 1 aliphatic heterocycles. The molecule has 1 heterocycles. The van der Waals surface area contributed by atoms with Crippen molar-refractivity contribution in [3.8, 4) is 6.07 Å². The van der Waals surface area contributed by atoms with Crippen LogP contribution in [0, 0.1) is 17.2 Å². The van der Waals surface area contributed by atoms with E-state index in [1.54, 1.807) is 6.92 Å². The maximum atomic E-state index is 11.0. The summed E-state index contributed by atoms with van der Waals surface area (Å²) in [5.74, 6) is -0.257. The Morgan fingerprint density at radius 3 is 3.00 bits per heavy atom. The minimum atomic E-state index is -0.172. The number of hydrogen-bond donors (Lipinski definition) is 1. The maximum absolute atomic E-state index is 11.0. The van der Waals surface area contributed by atoms with Crippen LogP contribution in [-0.4, -0.2) is 11.6 Å². The van der Waals surface area contributed by atoms with Gasteiger partial charge in [0.25, 0.3) is 0 Å². The zero-order valence-electron chi connectivity index (χ0n) is 6.29. The lowest BCUT2D eigenvalue weighted by Crippen LogP contribution is -2.21. The lowest BCUT2D eigenvalue weighted by atomic mass is 9.99. The molecule has 1 amide bonds. The highest BCUT2D eigenvalue weighted by atomic mass is 16.2. The molecule has 11 heavy (non-hydrogen) atoms. The van der Waals surface area contributed by atoms with Crippen LogP contribution < -0.4 is 5.43 Å². The number of carbonyl (C=O) groups is 1. The molecular weight excluding hydrogens is 142 g/mol. The molecule has 0 aromatic heterocycles. The smallest absolute Gasteiger partial charge is 0.248 e. The van der Waals surface area contributed by atoms with E-state index in [9.17, 15) is 4.79 Å². The van der Waals surface area contributed by atoms with Crippen molar-refractivity contribution in [1.29, 1.82) is 5.26 Å². The van der Waals surface area contributed by atoms with E-state index >= 15 is 0 Å². The van der Waals surface area contributed by atoms with E-state index in [1.165, 1.54) is 0 Å². The Kier molecular flexibility index (Phi) is 2.21. The number of nitriles is 1. The lowest BCUT2D eigenvalue weighted by molar-refractivity contribution is -0.122. The summed E-state index contributed by atoms with van der Waals surface area (Å²) in [6.45, 7) is 1.79. The van der Waals surface area contributed by atoms with Crippen molar-refractivity contribution < 1.29 is 4.79 Å². The largest absolute Gasteiger partial charge is 0.272 e. The van der Waals surface area contributed by atoms with Crippen molar-refractivity contribution in [2.75, 3.05) is 0 Å². The summed E-state index contributed by atoms with van der Waals surface area (Å²) in [5, 5.41) is 12.0. The fourth-order valence-corrected chi connectivity index (χ4v) is 1.04. The number of hydrogen-bond acceptors (Lipinski definition) is 3. The average molecular weight is 151 g/mol. The van der Waals surface area contributed by atoms with Crippen LogP contribution in [0.15, 0.2) is 5.10 Å². The third kappa shape index (κ3) is 1.55. The molecule has 0 saturated carbocycles. The Hall–Kier alpha value is -1.37. The molecule has 0 fully saturated rings. The van der Waals surface area contributed by atoms with Gasteiger partial charge >= 0.3 is 0 Å². The van der Waals surface area contributed by atoms with Gasteiger partial charge in [0.1, 0.15) is 0 Å². The van der Waals surface area contributed by atoms with E-state index in [2.05, 4.69) is 10.5 Å². The second kappa shape index (κ2) is 3.15. The molecule has 1 rings (SSSR count). The summed E-state index contributed by atoms with van der Waals surface area (Å²) >= 11 is 0. The van der Waals surface area contributed by atoms with Gasteiger partial charge in [-0.15, -0.1) is 0 Å². The zero-order valence-corrected chi connectivity index (χ0v) is 6.29. The van der Waals surface area contributed by atoms with Crippen molar-refractivity contribution in [3.05, 3.63) is 0 Å². The van der Waals surface area contributed by atoms with Crippen molar-refractivity contribution >= 4 is 11.6 Å². The molecule has 4 nitrogen and oxygen atoms in total. The topological polar surface area (TPSA) is 65.2 Å². The molecule has 4 heteroatoms. The summed E-state index contributed by atoms with van der Waals surface area (Å²) in [6, 6.07) is 2.00. The number of hydrazone groups is 1. The molecule has 0 aliphatic carbocycles. The molecular formula is C7H9N3O. The molecule has 0 aromatic rings. The van der Waals surface area contributed by atoms with Crippen LogP contribution in [0.2, 0.25) is 0 Å². The van der Waals surface area contributed by atoms with Gasteiger partial charge in [-0.05, 0) is 13.3 Å². The quantitative estimate of drug-likeness (QED) is 0.621. The van der Waals surface area contributed by atoms with Gasteiger partial charge in [0.05, 0.1) is 12.0 Å². The third-order valence-corrected chi connectivity index (χ3v) is 1.71. The van der Waals surface area contributed by atoms with Crippen molar-refractivity contribution in [2.24, 2.45) is 11.0 Å². The first-order valence-electron chi connectivity index (χ1n) is 3.46. The summed E-state index contributed by atoms with van der Waals surface area (Å²) < 4.78 is 0. The predicted molar refractivity (Wildman–Crippen MR) is 39.6 cm³/mol. The zero-order chi connectivity index (χ0) is 8.27. The van der Waals surface area contributed by atoms with Crippen molar-refractivity contribution in [2.45, 2.75) is 19.8 Å². The number of rotatable bonds is 2. The SMILES string of the molecule is CC1=NNC(=O)[C@@H]1CCC#N. The van der Waals surface area contributed by atoms with Gasteiger partial charge in [-0.3, -0.25) is 4.79 Å². The van der Waals surface area contributed by atoms with Gasteiger partial charge in [0.15, 0.2) is 0 Å². The molecule has 58 valence electrons. The average Bonchev–Trinajstić information content (AvgIpc) is 2.29. The van der Waals surface area contributed by atoms with Crippen LogP contribution in [0.5, 0.6) is 0 Å². The van der Waals surface area contributed by atoms with E-state index in [0.29, 0.717) is 12.8 Å². The number of carbonyl (C=O) groups excluding carboxylic acids is 1. The van der Waals surface area contributed by atoms with Gasteiger partial charge in [-0.25, -0.2) is 5.43 Å². The summed E-state index contributed by atoms with van der Waals surface area (Å²) in [6.07, 6.45) is 0.989. The fraction of sp³-hybridized carbons (Fsp3) is 0.571. The molecule has 0 aromatic carbocycles. The van der Waals surface area contributed by atoms with Gasteiger partial charge < -0.3 is 0 Å². The van der Waals surface area contributed by atoms with Gasteiger partial charge in [-0.2, -0.15) is 10.4 Å². The minimum Gasteiger partial charge on any atom is -0.272 e. The first kappa shape index (κ1) is 7.73. The predicted octanol–water partition coefficient (Wildman–Crippen LogP) is 0.412. The van der Waals surface area contributed by atoms with Gasteiger partial charge in [0.2, 0.25) is 5.91 Å². The third-order valence-electron chi connectivity index (χ3n) is 1.71. The Morgan fingerprint density at radius 2 is 2.55 bits per heavy atom. The summed E-state index contributed by atoms with van der Waals surface area (Å²) in [7, 11) is 0. The Morgan fingerprint density at radius 1 is 1.82 bits per heavy atom. The summed E-state index contributed by atoms with van der Waals surface area (Å²) in [4.78, 5) is 11.0. The van der Waals surface area contributed by atoms with E-state index in [-0.39, 0.29) is 11.8 Å². The van der Waals surface area contributed by atoms with Crippen molar-refractivity contribution in [1.82, 2.24) is 5.43 Å². The molecule has 0 radical (unpaired) electrons. The molecule has 1 atom stereocenters. The van der Waals surface area contributed by atoms with Crippen LogP contribution >= 0.6 is 0 Å². The highest BCUT2D eigenvalue weighted by Crippen LogP contribution is 2.12. The minimum absolute atomic E-state index is 0.0854. The molecule has 0 spiro atoms. The Balaban J connectivity index is 2.51. The number of amides is 1. The van der Waals surface area contributed by atoms with E-state index < -0.39 is 0 Å². The second-order valence-electron chi connectivity index (χ2n) is 2.48. The molecule has 0 unspecified atom stereocenters. The summed E-state index contributed by atoms with van der Waals surface area (Å²) in [5.41, 5.74) is 3.15. The van der Waals surface area contributed by atoms with E-state index in [0.717, 1.165) is 5.71 Å². The van der Waals surface area contributed by atoms with Crippen LogP contribution in [0.4, 0.5) is 0 Å². The molecule has 0 saturated heterocycles. The van der Waals surface area contributed by atoms with Crippen molar-refractivity contribution in [3.63, 3.8) is 0 Å². The number of nitrogens with zero attached hydrogens (tertiary/aromatic N) is 2. The first-order valence-corrected chi connectivity index (χ1v) is 3.46. The van der Waals surface area contributed by atoms with Crippen LogP contribution in [0.3, 0.4) is 0 Å². The van der Waals surface area contributed by atoms with Gasteiger partial charge in [-0.1, -0.05) is 0 Å². The Bertz CT molecular complexity index is 239. The lowest BCUT2D eigenvalue weighted by Gasteiger charge is -2.02. The highest BCUT2D eigenvalue weighted by Gasteiger charge is 2.25. The normalized spacial score (nSPS) is 22.4. The molecule has 0 bridgehead atoms. The monoisotopic (exact) mass is 151 g/mol. The fourth-order valence-electron chi connectivity index (χ4n) is 1.04. The van der Waals surface area contributed by atoms with Crippen LogP contribution in [0.25, 0.3) is 0 Å². The maximum Gasteiger partial charge on any atom is 0.248 e. The molecule has 1 aliphatic rings. The van der Waals surface area contributed by atoms with E-state index in [4.69, 9.17) is 5.26 Å². The van der Waals surface area contributed by atoms with Crippen LogP contribution in [-0.2, 0) is 4.79 Å². The standard InChI is InChI=1S/C7H9N3O/c1-5-6(3-2-4-8)7(11)10-9-5/h6H,2-3H2,1H3,(H,10,11)/t6-/m1/s1. The van der Waals surface area contributed by atoms with Gasteiger partial charge in [0, 0.05) is 12.1 Å².